The van der Waals surface area contributed by atoms with Crippen molar-refractivity contribution in [2.75, 3.05) is 13.3 Å². The summed E-state index contributed by atoms with van der Waals surface area (Å²) in [7, 11) is 0. The molecule has 0 unspecified atom stereocenters. The van der Waals surface area contributed by atoms with Gasteiger partial charge in [0.1, 0.15) is 5.75 Å². The fraction of sp³-hybridized carbons (Fsp3) is 0.364. The van der Waals surface area contributed by atoms with Gasteiger partial charge in [-0.25, -0.2) is 4.79 Å². The van der Waals surface area contributed by atoms with Crippen LogP contribution in [0.25, 0.3) is 0 Å². The average molecular weight is 208 g/mol. The van der Waals surface area contributed by atoms with Crippen LogP contribution in [0.5, 0.6) is 5.75 Å². The molecule has 0 saturated carbocycles. The lowest BCUT2D eigenvalue weighted by molar-refractivity contribution is 0.224. The van der Waals surface area contributed by atoms with E-state index >= 15 is 0 Å². The van der Waals surface area contributed by atoms with Crippen molar-refractivity contribution in [3.8, 4) is 5.75 Å². The Morgan fingerprint density at radius 3 is 2.67 bits per heavy atom. The predicted molar refractivity (Wildman–Crippen MR) is 58.8 cm³/mol. The maximum atomic E-state index is 11.1. The van der Waals surface area contributed by atoms with Crippen LogP contribution < -0.4 is 15.4 Å². The molecule has 0 bridgehead atoms. The molecular weight excluding hydrogens is 192 g/mol. The van der Waals surface area contributed by atoms with Crippen LogP contribution in [-0.2, 0) is 0 Å². The van der Waals surface area contributed by atoms with E-state index in [1.807, 2.05) is 37.3 Å². The Morgan fingerprint density at radius 1 is 1.27 bits per heavy atom. The molecule has 0 aliphatic carbocycles. The molecule has 0 aliphatic heterocycles. The molecule has 4 heteroatoms. The van der Waals surface area contributed by atoms with E-state index in [1.165, 1.54) is 0 Å². The fourth-order valence-electron chi connectivity index (χ4n) is 1.00. The molecule has 0 heterocycles. The van der Waals surface area contributed by atoms with E-state index in [4.69, 9.17) is 4.74 Å². The molecule has 0 aliphatic rings. The molecule has 1 aromatic rings. The van der Waals surface area contributed by atoms with Crippen LogP contribution in [0.2, 0.25) is 0 Å². The van der Waals surface area contributed by atoms with Gasteiger partial charge in [-0.3, -0.25) is 0 Å². The fourth-order valence-corrected chi connectivity index (χ4v) is 1.00. The van der Waals surface area contributed by atoms with Crippen molar-refractivity contribution in [2.24, 2.45) is 0 Å². The van der Waals surface area contributed by atoms with Gasteiger partial charge in [0, 0.05) is 6.54 Å². The van der Waals surface area contributed by atoms with Crippen LogP contribution in [0.4, 0.5) is 4.79 Å². The summed E-state index contributed by atoms with van der Waals surface area (Å²) < 4.78 is 5.28. The molecule has 2 amide bonds. The Balaban J connectivity index is 2.14. The minimum Gasteiger partial charge on any atom is -0.473 e. The third-order valence-electron chi connectivity index (χ3n) is 1.75. The standard InChI is InChI=1S/C11H16N2O2/c1-2-8-12-11(14)13-9-15-10-6-4-3-5-7-10/h3-7H,2,8-9H2,1H3,(H2,12,13,14). The number of hydrogen-bond acceptors (Lipinski definition) is 2. The molecule has 0 atom stereocenters. The van der Waals surface area contributed by atoms with Gasteiger partial charge in [0.15, 0.2) is 6.73 Å². The Labute approximate surface area is 89.6 Å². The van der Waals surface area contributed by atoms with Crippen molar-refractivity contribution >= 4 is 6.03 Å². The number of para-hydroxylation sites is 1. The van der Waals surface area contributed by atoms with Gasteiger partial charge in [-0.2, -0.15) is 0 Å². The van der Waals surface area contributed by atoms with Crippen molar-refractivity contribution < 1.29 is 9.53 Å². The molecule has 0 spiro atoms. The lowest BCUT2D eigenvalue weighted by Gasteiger charge is -2.08. The highest BCUT2D eigenvalue weighted by molar-refractivity contribution is 5.73. The van der Waals surface area contributed by atoms with Gasteiger partial charge in [-0.05, 0) is 18.6 Å². The normalized spacial score (nSPS) is 9.40. The first-order valence-corrected chi connectivity index (χ1v) is 5.02. The molecule has 0 aromatic heterocycles. The summed E-state index contributed by atoms with van der Waals surface area (Å²) in [5.41, 5.74) is 0. The van der Waals surface area contributed by atoms with E-state index < -0.39 is 0 Å². The van der Waals surface area contributed by atoms with Gasteiger partial charge < -0.3 is 15.4 Å². The van der Waals surface area contributed by atoms with Crippen molar-refractivity contribution in [1.29, 1.82) is 0 Å². The number of amides is 2. The van der Waals surface area contributed by atoms with Crippen LogP contribution in [0.15, 0.2) is 30.3 Å². The molecule has 2 N–H and O–H groups in total. The number of ether oxygens (including phenoxy) is 1. The second-order valence-electron chi connectivity index (χ2n) is 3.03. The summed E-state index contributed by atoms with van der Waals surface area (Å²) >= 11 is 0. The van der Waals surface area contributed by atoms with Gasteiger partial charge in [0.2, 0.25) is 0 Å². The van der Waals surface area contributed by atoms with Gasteiger partial charge in [0.05, 0.1) is 0 Å². The molecule has 1 rings (SSSR count). The molecule has 0 saturated heterocycles. The Bertz CT molecular complexity index is 288. The summed E-state index contributed by atoms with van der Waals surface area (Å²) in [4.78, 5) is 11.1. The second kappa shape index (κ2) is 6.70. The molecule has 1 aromatic carbocycles. The molecule has 0 radical (unpaired) electrons. The van der Waals surface area contributed by atoms with Crippen molar-refractivity contribution in [3.05, 3.63) is 30.3 Å². The largest absolute Gasteiger partial charge is 0.473 e. The Kier molecular flexibility index (Phi) is 5.08. The Morgan fingerprint density at radius 2 is 2.00 bits per heavy atom. The number of benzene rings is 1. The van der Waals surface area contributed by atoms with Crippen LogP contribution in [0, 0.1) is 0 Å². The SMILES string of the molecule is CCCNC(=O)NCOc1ccccc1. The van der Waals surface area contributed by atoms with Gasteiger partial charge >= 0.3 is 6.03 Å². The van der Waals surface area contributed by atoms with Crippen LogP contribution in [-0.4, -0.2) is 19.3 Å². The van der Waals surface area contributed by atoms with Crippen molar-refractivity contribution in [2.45, 2.75) is 13.3 Å². The monoisotopic (exact) mass is 208 g/mol. The molecule has 15 heavy (non-hydrogen) atoms. The zero-order chi connectivity index (χ0) is 10.9. The van der Waals surface area contributed by atoms with Crippen molar-refractivity contribution in [1.82, 2.24) is 10.6 Å². The first-order chi connectivity index (χ1) is 7.33. The lowest BCUT2D eigenvalue weighted by atomic mass is 10.3. The summed E-state index contributed by atoms with van der Waals surface area (Å²) in [6.45, 7) is 2.86. The highest BCUT2D eigenvalue weighted by atomic mass is 16.5. The summed E-state index contributed by atoms with van der Waals surface area (Å²) in [6, 6.07) is 9.15. The van der Waals surface area contributed by atoms with E-state index in [0.29, 0.717) is 6.54 Å². The van der Waals surface area contributed by atoms with E-state index in [9.17, 15) is 4.79 Å². The van der Waals surface area contributed by atoms with E-state index in [2.05, 4.69) is 10.6 Å². The molecule has 4 nitrogen and oxygen atoms in total. The van der Waals surface area contributed by atoms with E-state index in [1.54, 1.807) is 0 Å². The van der Waals surface area contributed by atoms with Gasteiger partial charge in [0.25, 0.3) is 0 Å². The highest BCUT2D eigenvalue weighted by Crippen LogP contribution is 2.06. The first-order valence-electron chi connectivity index (χ1n) is 5.02. The lowest BCUT2D eigenvalue weighted by Crippen LogP contribution is -2.37. The maximum absolute atomic E-state index is 11.1. The van der Waals surface area contributed by atoms with Crippen LogP contribution >= 0.6 is 0 Å². The Hall–Kier alpha value is -1.71. The van der Waals surface area contributed by atoms with Gasteiger partial charge in [-0.1, -0.05) is 25.1 Å². The quantitative estimate of drug-likeness (QED) is 0.724. The van der Waals surface area contributed by atoms with Crippen molar-refractivity contribution in [3.63, 3.8) is 0 Å². The average Bonchev–Trinajstić information content (AvgIpc) is 2.28. The second-order valence-corrected chi connectivity index (χ2v) is 3.03. The number of rotatable bonds is 5. The maximum Gasteiger partial charge on any atom is 0.317 e. The third kappa shape index (κ3) is 4.90. The molecule has 82 valence electrons. The van der Waals surface area contributed by atoms with Gasteiger partial charge in [-0.15, -0.1) is 0 Å². The predicted octanol–water partition coefficient (Wildman–Crippen LogP) is 1.73. The minimum atomic E-state index is -0.201. The number of urea groups is 1. The minimum absolute atomic E-state index is 0.180. The van der Waals surface area contributed by atoms with E-state index in [0.717, 1.165) is 12.2 Å². The smallest absolute Gasteiger partial charge is 0.317 e. The zero-order valence-electron chi connectivity index (χ0n) is 8.82. The molecular formula is C11H16N2O2. The summed E-state index contributed by atoms with van der Waals surface area (Å²) in [5.74, 6) is 0.744. The van der Waals surface area contributed by atoms with Crippen LogP contribution in [0.1, 0.15) is 13.3 Å². The summed E-state index contributed by atoms with van der Waals surface area (Å²) in [5, 5.41) is 5.28. The third-order valence-corrected chi connectivity index (χ3v) is 1.75. The molecule has 0 fully saturated rings. The first kappa shape index (κ1) is 11.4. The van der Waals surface area contributed by atoms with Crippen LogP contribution in [0.3, 0.4) is 0 Å². The number of carbonyl (C=O) groups is 1. The number of carbonyl (C=O) groups excluding carboxylic acids is 1. The summed E-state index contributed by atoms with van der Waals surface area (Å²) in [6.07, 6.45) is 0.924. The highest BCUT2D eigenvalue weighted by Gasteiger charge is 1.97. The number of nitrogens with one attached hydrogen (secondary N) is 2. The zero-order valence-corrected chi connectivity index (χ0v) is 8.82. The topological polar surface area (TPSA) is 50.4 Å². The number of hydrogen-bond donors (Lipinski definition) is 2. The van der Waals surface area contributed by atoms with E-state index in [-0.39, 0.29) is 12.8 Å².